The number of carbonyl (C=O) groups is 1. The molecule has 1 fully saturated rings. The molecule has 0 spiro atoms. The van der Waals surface area contributed by atoms with Crippen LogP contribution in [-0.4, -0.2) is 39.1 Å². The van der Waals surface area contributed by atoms with Crippen molar-refractivity contribution in [2.75, 3.05) is 18.0 Å². The van der Waals surface area contributed by atoms with Gasteiger partial charge < -0.3 is 15.0 Å². The summed E-state index contributed by atoms with van der Waals surface area (Å²) < 4.78 is 0. The zero-order chi connectivity index (χ0) is 23.6. The van der Waals surface area contributed by atoms with E-state index in [1.165, 1.54) is 0 Å². The van der Waals surface area contributed by atoms with Crippen LogP contribution in [0.3, 0.4) is 0 Å². The van der Waals surface area contributed by atoms with E-state index in [2.05, 4.69) is 28.7 Å². The Hall–Kier alpha value is -2.31. The highest BCUT2D eigenvalue weighted by molar-refractivity contribution is 6.38. The predicted molar refractivity (Wildman–Crippen MR) is 134 cm³/mol. The molecule has 2 aromatic heterocycles. The van der Waals surface area contributed by atoms with Crippen LogP contribution in [-0.2, 0) is 4.79 Å². The lowest BCUT2D eigenvalue weighted by molar-refractivity contribution is -0.138. The number of fused-ring (bicyclic) bond motifs is 1. The van der Waals surface area contributed by atoms with E-state index in [4.69, 9.17) is 33.3 Å². The molecule has 1 aliphatic carbocycles. The smallest absolute Gasteiger partial charge is 0.303 e. The standard InChI is InChI=1S/C25H30Cl2N4O2/c1-3-31(11-10-25(2)8-6-16(7-9-25)12-22(32)33)21-5-4-17(15-28-21)24-29-20-14-18(26)13-19(27)23(20)30-24/h4-5,13-16H,3,6-12H2,1-2H3,(H,29,30)(H,32,33). The Morgan fingerprint density at radius 1 is 1.27 bits per heavy atom. The molecule has 33 heavy (non-hydrogen) atoms. The number of carboxylic acids is 1. The molecule has 1 aromatic carbocycles. The highest BCUT2D eigenvalue weighted by Gasteiger charge is 2.32. The molecule has 176 valence electrons. The van der Waals surface area contributed by atoms with Gasteiger partial charge in [0.25, 0.3) is 0 Å². The molecule has 8 heteroatoms. The molecule has 0 amide bonds. The molecule has 6 nitrogen and oxygen atoms in total. The van der Waals surface area contributed by atoms with Crippen LogP contribution < -0.4 is 4.90 Å². The highest BCUT2D eigenvalue weighted by atomic mass is 35.5. The molecule has 2 N–H and O–H groups in total. The van der Waals surface area contributed by atoms with Crippen LogP contribution in [0.1, 0.15) is 52.4 Å². The molecule has 4 rings (SSSR count). The molecule has 0 bridgehead atoms. The average molecular weight is 489 g/mol. The zero-order valence-electron chi connectivity index (χ0n) is 19.1. The number of nitrogens with one attached hydrogen (secondary N) is 1. The van der Waals surface area contributed by atoms with Crippen LogP contribution in [0.15, 0.2) is 30.5 Å². The Labute approximate surface area is 204 Å². The number of hydrogen-bond acceptors (Lipinski definition) is 4. The highest BCUT2D eigenvalue weighted by Crippen LogP contribution is 2.42. The van der Waals surface area contributed by atoms with Gasteiger partial charge in [0.2, 0.25) is 0 Å². The molecule has 0 atom stereocenters. The maximum Gasteiger partial charge on any atom is 0.303 e. The van der Waals surface area contributed by atoms with Gasteiger partial charge in [-0.05, 0) is 74.6 Å². The summed E-state index contributed by atoms with van der Waals surface area (Å²) in [5, 5.41) is 10.1. The van der Waals surface area contributed by atoms with E-state index in [1.54, 1.807) is 6.07 Å². The number of H-pyrrole nitrogens is 1. The van der Waals surface area contributed by atoms with Gasteiger partial charge >= 0.3 is 5.97 Å². The number of benzene rings is 1. The topological polar surface area (TPSA) is 82.1 Å². The van der Waals surface area contributed by atoms with E-state index < -0.39 is 5.97 Å². The minimum atomic E-state index is -0.676. The van der Waals surface area contributed by atoms with Gasteiger partial charge in [0, 0.05) is 36.3 Å². The first-order valence-electron chi connectivity index (χ1n) is 11.5. The Morgan fingerprint density at radius 2 is 2.03 bits per heavy atom. The lowest BCUT2D eigenvalue weighted by Crippen LogP contribution is -2.32. The number of pyridine rings is 1. The summed E-state index contributed by atoms with van der Waals surface area (Å²) in [6.07, 6.45) is 7.42. The van der Waals surface area contributed by atoms with Crippen molar-refractivity contribution in [3.05, 3.63) is 40.5 Å². The Kier molecular flexibility index (Phi) is 7.15. The third kappa shape index (κ3) is 5.61. The van der Waals surface area contributed by atoms with E-state index in [1.807, 2.05) is 24.4 Å². The fourth-order valence-electron chi connectivity index (χ4n) is 4.81. The molecular formula is C25H30Cl2N4O2. The summed E-state index contributed by atoms with van der Waals surface area (Å²) in [5.74, 6) is 1.31. The number of carboxylic acid groups (broad SMARTS) is 1. The third-order valence-corrected chi connectivity index (χ3v) is 7.50. The number of nitrogens with zero attached hydrogens (tertiary/aromatic N) is 3. The number of rotatable bonds is 8. The summed E-state index contributed by atoms with van der Waals surface area (Å²) >= 11 is 12.4. The van der Waals surface area contributed by atoms with Gasteiger partial charge in [-0.3, -0.25) is 4.79 Å². The van der Waals surface area contributed by atoms with Crippen molar-refractivity contribution in [1.82, 2.24) is 15.0 Å². The lowest BCUT2D eigenvalue weighted by atomic mass is 9.69. The summed E-state index contributed by atoms with van der Waals surface area (Å²) in [4.78, 5) is 25.9. The fraction of sp³-hybridized carbons (Fsp3) is 0.480. The normalized spacial score (nSPS) is 20.8. The summed E-state index contributed by atoms with van der Waals surface area (Å²) in [5.41, 5.74) is 2.65. The monoisotopic (exact) mass is 488 g/mol. The van der Waals surface area contributed by atoms with Gasteiger partial charge in [-0.1, -0.05) is 30.1 Å². The second-order valence-electron chi connectivity index (χ2n) is 9.46. The molecular weight excluding hydrogens is 459 g/mol. The molecule has 3 aromatic rings. The molecule has 0 aliphatic heterocycles. The van der Waals surface area contributed by atoms with Crippen LogP contribution in [0, 0.1) is 11.3 Å². The molecule has 0 unspecified atom stereocenters. The second kappa shape index (κ2) is 9.90. The van der Waals surface area contributed by atoms with Crippen molar-refractivity contribution in [2.45, 2.75) is 52.4 Å². The first kappa shape index (κ1) is 23.8. The van der Waals surface area contributed by atoms with Crippen molar-refractivity contribution in [1.29, 1.82) is 0 Å². The molecule has 0 saturated heterocycles. The lowest BCUT2D eigenvalue weighted by Gasteiger charge is -2.38. The van der Waals surface area contributed by atoms with Gasteiger partial charge in [0.1, 0.15) is 17.2 Å². The summed E-state index contributed by atoms with van der Waals surface area (Å²) in [6.45, 7) is 6.30. The Morgan fingerprint density at radius 3 is 2.67 bits per heavy atom. The van der Waals surface area contributed by atoms with Crippen molar-refractivity contribution in [3.8, 4) is 11.4 Å². The van der Waals surface area contributed by atoms with Crippen molar-refractivity contribution >= 4 is 46.0 Å². The minimum Gasteiger partial charge on any atom is -0.481 e. The van der Waals surface area contributed by atoms with E-state index in [9.17, 15) is 4.79 Å². The summed E-state index contributed by atoms with van der Waals surface area (Å²) in [7, 11) is 0. The van der Waals surface area contributed by atoms with Crippen LogP contribution >= 0.6 is 23.2 Å². The number of aromatic nitrogens is 3. The van der Waals surface area contributed by atoms with E-state index in [0.29, 0.717) is 33.7 Å². The quantitative estimate of drug-likeness (QED) is 0.363. The number of aromatic amines is 1. The van der Waals surface area contributed by atoms with Crippen LogP contribution in [0.5, 0.6) is 0 Å². The van der Waals surface area contributed by atoms with Gasteiger partial charge in [-0.15, -0.1) is 0 Å². The van der Waals surface area contributed by atoms with Crippen molar-refractivity contribution in [3.63, 3.8) is 0 Å². The maximum absolute atomic E-state index is 11.0. The maximum atomic E-state index is 11.0. The Bertz CT molecular complexity index is 1120. The van der Waals surface area contributed by atoms with E-state index >= 15 is 0 Å². The van der Waals surface area contributed by atoms with E-state index in [-0.39, 0.29) is 5.41 Å². The fourth-order valence-corrected chi connectivity index (χ4v) is 5.34. The second-order valence-corrected chi connectivity index (χ2v) is 10.3. The minimum absolute atomic E-state index is 0.261. The van der Waals surface area contributed by atoms with Crippen LogP contribution in [0.4, 0.5) is 5.82 Å². The van der Waals surface area contributed by atoms with Gasteiger partial charge in [-0.25, -0.2) is 9.97 Å². The Balaban J connectivity index is 1.40. The predicted octanol–water partition coefficient (Wildman–Crippen LogP) is 6.82. The van der Waals surface area contributed by atoms with Gasteiger partial charge in [0.15, 0.2) is 0 Å². The zero-order valence-corrected chi connectivity index (χ0v) is 20.6. The number of halogens is 2. The SMILES string of the molecule is CCN(CCC1(C)CCC(CC(=O)O)CC1)c1ccc(-c2nc3c(Cl)cc(Cl)cc3[nH]2)cn1. The summed E-state index contributed by atoms with van der Waals surface area (Å²) in [6, 6.07) is 7.56. The van der Waals surface area contributed by atoms with Gasteiger partial charge in [0.05, 0.1) is 10.5 Å². The molecule has 1 aliphatic rings. The largest absolute Gasteiger partial charge is 0.481 e. The van der Waals surface area contributed by atoms with Gasteiger partial charge in [-0.2, -0.15) is 0 Å². The molecule has 1 saturated carbocycles. The first-order valence-corrected chi connectivity index (χ1v) is 12.3. The number of hydrogen-bond donors (Lipinski definition) is 2. The number of imidazole rings is 1. The van der Waals surface area contributed by atoms with Crippen molar-refractivity contribution in [2.24, 2.45) is 11.3 Å². The third-order valence-electron chi connectivity index (χ3n) is 6.99. The number of anilines is 1. The molecule has 2 heterocycles. The van der Waals surface area contributed by atoms with E-state index in [0.717, 1.165) is 62.1 Å². The van der Waals surface area contributed by atoms with Crippen LogP contribution in [0.25, 0.3) is 22.4 Å². The average Bonchev–Trinajstić information content (AvgIpc) is 3.21. The number of aliphatic carboxylic acids is 1. The molecule has 0 radical (unpaired) electrons. The first-order chi connectivity index (χ1) is 15.8. The van der Waals surface area contributed by atoms with Crippen molar-refractivity contribution < 1.29 is 9.90 Å². The van der Waals surface area contributed by atoms with Crippen LogP contribution in [0.2, 0.25) is 10.0 Å².